The summed E-state index contributed by atoms with van der Waals surface area (Å²) in [6.07, 6.45) is 7.57. The third-order valence-corrected chi connectivity index (χ3v) is 8.11. The summed E-state index contributed by atoms with van der Waals surface area (Å²) >= 11 is 0. The molecule has 0 saturated carbocycles. The zero-order chi connectivity index (χ0) is 29.8. The molecule has 11 nitrogen and oxygen atoms in total. The van der Waals surface area contributed by atoms with Crippen LogP contribution in [0.3, 0.4) is 0 Å². The van der Waals surface area contributed by atoms with E-state index in [4.69, 9.17) is 19.8 Å². The molecule has 0 unspecified atom stereocenters. The van der Waals surface area contributed by atoms with Gasteiger partial charge in [0, 0.05) is 18.7 Å². The third kappa shape index (κ3) is 6.15. The van der Waals surface area contributed by atoms with Crippen LogP contribution in [-0.4, -0.2) is 60.1 Å². The molecule has 11 heteroatoms. The van der Waals surface area contributed by atoms with E-state index in [1.165, 1.54) is 12.0 Å². The third-order valence-electron chi connectivity index (χ3n) is 8.11. The molecule has 1 aliphatic heterocycles. The Kier molecular flexibility index (Phi) is 8.20. The lowest BCUT2D eigenvalue weighted by Gasteiger charge is -2.31. The Balaban J connectivity index is 1.13. The molecule has 4 heterocycles. The zero-order valence-corrected chi connectivity index (χ0v) is 24.4. The highest BCUT2D eigenvalue weighted by Crippen LogP contribution is 2.28. The van der Waals surface area contributed by atoms with Gasteiger partial charge in [0.05, 0.1) is 72.3 Å². The van der Waals surface area contributed by atoms with Crippen molar-refractivity contribution in [2.24, 2.45) is 0 Å². The highest BCUT2D eigenvalue weighted by Gasteiger charge is 2.25. The maximum Gasteiger partial charge on any atom is 0.337 e. The number of hydrogen-bond donors (Lipinski definition) is 0. The van der Waals surface area contributed by atoms with Crippen molar-refractivity contribution < 1.29 is 14.4 Å². The lowest BCUT2D eigenvalue weighted by atomic mass is 9.94. The maximum atomic E-state index is 12.3. The van der Waals surface area contributed by atoms with Gasteiger partial charge in [-0.3, -0.25) is 4.90 Å². The minimum atomic E-state index is -0.362. The fourth-order valence-corrected chi connectivity index (χ4v) is 5.65. The second-order valence-electron chi connectivity index (χ2n) is 10.8. The second-order valence-corrected chi connectivity index (χ2v) is 10.8. The van der Waals surface area contributed by atoms with Crippen LogP contribution in [0.2, 0.25) is 0 Å². The fourth-order valence-electron chi connectivity index (χ4n) is 5.65. The Bertz CT molecular complexity index is 1750. The Morgan fingerprint density at radius 2 is 1.91 bits per heavy atom. The number of ether oxygens (including phenoxy) is 1. The largest absolute Gasteiger partial charge is 0.465 e. The fraction of sp³-hybridized carbons (Fsp3) is 0.344. The number of nitriles is 1. The molecule has 0 atom stereocenters. The molecule has 1 fully saturated rings. The number of benzene rings is 2. The molecule has 1 aliphatic rings. The van der Waals surface area contributed by atoms with E-state index in [1.54, 1.807) is 18.2 Å². The van der Waals surface area contributed by atoms with Crippen LogP contribution in [-0.2, 0) is 31.0 Å². The van der Waals surface area contributed by atoms with Crippen molar-refractivity contribution in [3.05, 3.63) is 101 Å². The molecule has 3 aromatic heterocycles. The Morgan fingerprint density at radius 1 is 1.09 bits per heavy atom. The van der Waals surface area contributed by atoms with E-state index in [-0.39, 0.29) is 5.97 Å². The zero-order valence-electron chi connectivity index (χ0n) is 24.4. The molecule has 0 radical (unpaired) electrons. The number of aryl methyl sites for hydroxylation is 1. The highest BCUT2D eigenvalue weighted by atomic mass is 16.7. The number of likely N-dealkylation sites (tertiary alicyclic amines) is 1. The van der Waals surface area contributed by atoms with Crippen molar-refractivity contribution >= 4 is 17.0 Å². The standard InChI is InChI=1S/C32H34N8O3/c1-3-38-22-34-18-27(38)19-39-30-16-26(32(41)42-2)8-9-29(30)35-31(39)20-37-13-10-25(11-14-37)28-12-15-40(36-28)43-21-24-6-4-23(17-33)5-7-24/h4-9,12,15-16,18,22,25H,3,10-11,13-14,19-21H2,1-2H3. The minimum absolute atomic E-state index is 0.358. The molecule has 6 rings (SSSR count). The average molecular weight is 579 g/mol. The number of fused-ring (bicyclic) bond motifs is 1. The number of imidazole rings is 2. The van der Waals surface area contributed by atoms with Gasteiger partial charge in [0.25, 0.3) is 0 Å². The van der Waals surface area contributed by atoms with Gasteiger partial charge in [0.1, 0.15) is 12.4 Å². The highest BCUT2D eigenvalue weighted by molar-refractivity contribution is 5.93. The van der Waals surface area contributed by atoms with Crippen LogP contribution in [0.4, 0.5) is 0 Å². The van der Waals surface area contributed by atoms with E-state index >= 15 is 0 Å². The summed E-state index contributed by atoms with van der Waals surface area (Å²) in [6, 6.07) is 17.1. The Hall–Kier alpha value is -4.95. The second kappa shape index (κ2) is 12.5. The van der Waals surface area contributed by atoms with E-state index in [0.717, 1.165) is 66.3 Å². The number of methoxy groups -OCH3 is 1. The van der Waals surface area contributed by atoms with E-state index in [9.17, 15) is 4.79 Å². The summed E-state index contributed by atoms with van der Waals surface area (Å²) in [5.41, 5.74) is 6.00. The smallest absolute Gasteiger partial charge is 0.337 e. The predicted octanol–water partition coefficient (Wildman–Crippen LogP) is 4.16. The molecule has 0 aliphatic carbocycles. The molecule has 0 spiro atoms. The molecule has 0 bridgehead atoms. The summed E-state index contributed by atoms with van der Waals surface area (Å²) in [5.74, 6) is 0.954. The van der Waals surface area contributed by atoms with Gasteiger partial charge in [-0.1, -0.05) is 12.1 Å². The first-order chi connectivity index (χ1) is 21.0. The summed E-state index contributed by atoms with van der Waals surface area (Å²) in [5, 5.41) is 13.7. The maximum absolute atomic E-state index is 12.3. The molecule has 2 aromatic carbocycles. The number of carbonyl (C=O) groups excluding carboxylic acids is 1. The van der Waals surface area contributed by atoms with Crippen molar-refractivity contribution in [2.45, 2.75) is 51.9 Å². The van der Waals surface area contributed by atoms with Crippen molar-refractivity contribution in [1.82, 2.24) is 33.9 Å². The van der Waals surface area contributed by atoms with Crippen molar-refractivity contribution in [3.63, 3.8) is 0 Å². The van der Waals surface area contributed by atoms with Crippen LogP contribution in [0.25, 0.3) is 11.0 Å². The van der Waals surface area contributed by atoms with Gasteiger partial charge in [-0.05, 0) is 74.8 Å². The van der Waals surface area contributed by atoms with Crippen molar-refractivity contribution in [3.8, 4) is 6.07 Å². The van der Waals surface area contributed by atoms with E-state index in [2.05, 4.69) is 37.1 Å². The monoisotopic (exact) mass is 578 g/mol. The topological polar surface area (TPSA) is 116 Å². The van der Waals surface area contributed by atoms with Gasteiger partial charge in [0.15, 0.2) is 0 Å². The quantitative estimate of drug-likeness (QED) is 0.227. The SMILES string of the molecule is CCn1cncc1Cn1c(CN2CCC(c3ccn(OCc4ccc(C#N)cc4)n3)CC2)nc2ccc(C(=O)OC)cc21. The molecule has 43 heavy (non-hydrogen) atoms. The first kappa shape index (κ1) is 28.2. The van der Waals surface area contributed by atoms with Crippen molar-refractivity contribution in [1.29, 1.82) is 5.26 Å². The van der Waals surface area contributed by atoms with Crippen LogP contribution in [0, 0.1) is 11.3 Å². The number of aromatic nitrogens is 6. The van der Waals surface area contributed by atoms with Crippen LogP contribution in [0.15, 0.2) is 67.3 Å². The van der Waals surface area contributed by atoms with Gasteiger partial charge in [-0.15, -0.1) is 9.94 Å². The molecule has 1 saturated heterocycles. The molecule has 220 valence electrons. The van der Waals surface area contributed by atoms with Crippen LogP contribution < -0.4 is 4.84 Å². The van der Waals surface area contributed by atoms with Gasteiger partial charge in [-0.25, -0.2) is 14.8 Å². The van der Waals surface area contributed by atoms with Gasteiger partial charge >= 0.3 is 5.97 Å². The molecular weight excluding hydrogens is 544 g/mol. The predicted molar refractivity (Wildman–Crippen MR) is 159 cm³/mol. The minimum Gasteiger partial charge on any atom is -0.465 e. The average Bonchev–Trinajstić information content (AvgIpc) is 3.79. The van der Waals surface area contributed by atoms with Crippen LogP contribution in [0.5, 0.6) is 0 Å². The number of hydrogen-bond acceptors (Lipinski definition) is 8. The van der Waals surface area contributed by atoms with Crippen LogP contribution >= 0.6 is 0 Å². The summed E-state index contributed by atoms with van der Waals surface area (Å²) in [7, 11) is 1.40. The molecule has 5 aromatic rings. The summed E-state index contributed by atoms with van der Waals surface area (Å²) < 4.78 is 9.29. The van der Waals surface area contributed by atoms with E-state index in [1.807, 2.05) is 49.1 Å². The van der Waals surface area contributed by atoms with Crippen LogP contribution in [0.1, 0.15) is 64.4 Å². The summed E-state index contributed by atoms with van der Waals surface area (Å²) in [6.45, 7) is 6.47. The first-order valence-electron chi connectivity index (χ1n) is 14.5. The van der Waals surface area contributed by atoms with Crippen molar-refractivity contribution in [2.75, 3.05) is 20.2 Å². The molecule has 0 amide bonds. The number of nitrogens with zero attached hydrogens (tertiary/aromatic N) is 8. The Morgan fingerprint density at radius 3 is 2.65 bits per heavy atom. The first-order valence-corrected chi connectivity index (χ1v) is 14.5. The number of piperidine rings is 1. The Labute approximate surface area is 249 Å². The van der Waals surface area contributed by atoms with Gasteiger partial charge in [-0.2, -0.15) is 5.26 Å². The van der Waals surface area contributed by atoms with E-state index in [0.29, 0.717) is 36.7 Å². The van der Waals surface area contributed by atoms with E-state index < -0.39 is 0 Å². The number of esters is 1. The van der Waals surface area contributed by atoms with Gasteiger partial charge in [0.2, 0.25) is 0 Å². The molecule has 0 N–H and O–H groups in total. The summed E-state index contributed by atoms with van der Waals surface area (Å²) in [4.78, 5) is 31.4. The number of carbonyl (C=O) groups is 1. The molecular formula is C32H34N8O3. The lowest BCUT2D eigenvalue weighted by molar-refractivity contribution is 0.0601. The lowest BCUT2D eigenvalue weighted by Crippen LogP contribution is -2.33. The normalized spacial score (nSPS) is 14.2. The number of rotatable bonds is 10. The van der Waals surface area contributed by atoms with Gasteiger partial charge < -0.3 is 18.7 Å².